The SMILES string of the molecule is CCOCCCC(CNCC(C)C)c1ccccc1C. The Hall–Kier alpha value is -0.860. The van der Waals surface area contributed by atoms with Crippen LogP contribution in [0.4, 0.5) is 0 Å². The Balaban J connectivity index is 2.56. The second kappa shape index (κ2) is 9.95. The van der Waals surface area contributed by atoms with E-state index < -0.39 is 0 Å². The molecule has 0 aliphatic carbocycles. The van der Waals surface area contributed by atoms with Crippen LogP contribution < -0.4 is 5.32 Å². The minimum absolute atomic E-state index is 0.593. The van der Waals surface area contributed by atoms with Crippen molar-refractivity contribution in [2.24, 2.45) is 5.92 Å². The van der Waals surface area contributed by atoms with E-state index in [-0.39, 0.29) is 0 Å². The Kier molecular flexibility index (Phi) is 8.56. The van der Waals surface area contributed by atoms with Crippen LogP contribution >= 0.6 is 0 Å². The second-order valence-electron chi connectivity index (χ2n) is 5.94. The predicted molar refractivity (Wildman–Crippen MR) is 87.4 cm³/mol. The molecule has 114 valence electrons. The van der Waals surface area contributed by atoms with Gasteiger partial charge in [0.1, 0.15) is 0 Å². The topological polar surface area (TPSA) is 21.3 Å². The zero-order valence-electron chi connectivity index (χ0n) is 13.6. The van der Waals surface area contributed by atoms with Gasteiger partial charge in [0.05, 0.1) is 0 Å². The summed E-state index contributed by atoms with van der Waals surface area (Å²) in [6, 6.07) is 8.77. The number of aryl methyl sites for hydroxylation is 1. The maximum absolute atomic E-state index is 5.47. The summed E-state index contributed by atoms with van der Waals surface area (Å²) in [7, 11) is 0. The van der Waals surface area contributed by atoms with Crippen molar-refractivity contribution < 1.29 is 4.74 Å². The number of nitrogens with one attached hydrogen (secondary N) is 1. The largest absolute Gasteiger partial charge is 0.382 e. The summed E-state index contributed by atoms with van der Waals surface area (Å²) in [5.41, 5.74) is 2.89. The van der Waals surface area contributed by atoms with E-state index in [9.17, 15) is 0 Å². The molecule has 0 fully saturated rings. The van der Waals surface area contributed by atoms with Crippen molar-refractivity contribution in [2.45, 2.75) is 46.5 Å². The Morgan fingerprint density at radius 2 is 1.90 bits per heavy atom. The second-order valence-corrected chi connectivity index (χ2v) is 5.94. The first-order valence-electron chi connectivity index (χ1n) is 7.99. The molecular formula is C18H31NO. The van der Waals surface area contributed by atoms with Gasteiger partial charge in [0, 0.05) is 19.8 Å². The lowest BCUT2D eigenvalue weighted by Gasteiger charge is -2.21. The molecule has 0 heterocycles. The lowest BCUT2D eigenvalue weighted by atomic mass is 9.91. The minimum Gasteiger partial charge on any atom is -0.382 e. The van der Waals surface area contributed by atoms with Gasteiger partial charge in [0.2, 0.25) is 0 Å². The third-order valence-electron chi connectivity index (χ3n) is 3.62. The number of hydrogen-bond acceptors (Lipinski definition) is 2. The molecule has 2 nitrogen and oxygen atoms in total. The third kappa shape index (κ3) is 6.53. The maximum atomic E-state index is 5.47. The van der Waals surface area contributed by atoms with Crippen LogP contribution in [0.25, 0.3) is 0 Å². The van der Waals surface area contributed by atoms with Gasteiger partial charge in [-0.15, -0.1) is 0 Å². The van der Waals surface area contributed by atoms with Crippen LogP contribution in [0.2, 0.25) is 0 Å². The van der Waals surface area contributed by atoms with Gasteiger partial charge < -0.3 is 10.1 Å². The molecule has 20 heavy (non-hydrogen) atoms. The monoisotopic (exact) mass is 277 g/mol. The summed E-state index contributed by atoms with van der Waals surface area (Å²) in [6.45, 7) is 12.6. The molecule has 1 unspecified atom stereocenters. The van der Waals surface area contributed by atoms with Crippen LogP contribution in [0.5, 0.6) is 0 Å². The molecule has 0 radical (unpaired) electrons. The van der Waals surface area contributed by atoms with Crippen LogP contribution in [0.15, 0.2) is 24.3 Å². The Labute approximate surface area is 124 Å². The first-order chi connectivity index (χ1) is 9.65. The average molecular weight is 277 g/mol. The summed E-state index contributed by atoms with van der Waals surface area (Å²) >= 11 is 0. The fourth-order valence-electron chi connectivity index (χ4n) is 2.53. The Morgan fingerprint density at radius 3 is 2.55 bits per heavy atom. The quantitative estimate of drug-likeness (QED) is 0.649. The van der Waals surface area contributed by atoms with Crippen molar-refractivity contribution in [1.29, 1.82) is 0 Å². The van der Waals surface area contributed by atoms with Crippen LogP contribution in [-0.2, 0) is 4.74 Å². The van der Waals surface area contributed by atoms with Gasteiger partial charge in [0.15, 0.2) is 0 Å². The average Bonchev–Trinajstić information content (AvgIpc) is 2.42. The molecule has 1 aromatic carbocycles. The van der Waals surface area contributed by atoms with Crippen molar-refractivity contribution >= 4 is 0 Å². The van der Waals surface area contributed by atoms with E-state index in [0.29, 0.717) is 11.8 Å². The Morgan fingerprint density at radius 1 is 1.15 bits per heavy atom. The van der Waals surface area contributed by atoms with Crippen LogP contribution in [0.3, 0.4) is 0 Å². The van der Waals surface area contributed by atoms with Crippen molar-refractivity contribution in [3.05, 3.63) is 35.4 Å². The zero-order chi connectivity index (χ0) is 14.8. The summed E-state index contributed by atoms with van der Waals surface area (Å²) in [6.07, 6.45) is 2.33. The van der Waals surface area contributed by atoms with Gasteiger partial charge >= 0.3 is 0 Å². The number of benzene rings is 1. The molecule has 0 saturated carbocycles. The molecular weight excluding hydrogens is 246 g/mol. The number of rotatable bonds is 10. The number of hydrogen-bond donors (Lipinski definition) is 1. The fraction of sp³-hybridized carbons (Fsp3) is 0.667. The molecule has 0 aliphatic heterocycles. The van der Waals surface area contributed by atoms with Crippen molar-refractivity contribution in [3.8, 4) is 0 Å². The van der Waals surface area contributed by atoms with Crippen molar-refractivity contribution in [2.75, 3.05) is 26.3 Å². The molecule has 0 aliphatic rings. The molecule has 0 bridgehead atoms. The molecule has 2 heteroatoms. The molecule has 0 aromatic heterocycles. The molecule has 1 rings (SSSR count). The summed E-state index contributed by atoms with van der Waals surface area (Å²) in [4.78, 5) is 0. The molecule has 0 spiro atoms. The smallest absolute Gasteiger partial charge is 0.0466 e. The fourth-order valence-corrected chi connectivity index (χ4v) is 2.53. The highest BCUT2D eigenvalue weighted by molar-refractivity contribution is 5.29. The van der Waals surface area contributed by atoms with E-state index in [0.717, 1.165) is 32.7 Å². The van der Waals surface area contributed by atoms with Crippen molar-refractivity contribution in [1.82, 2.24) is 5.32 Å². The predicted octanol–water partition coefficient (Wildman–Crippen LogP) is 4.14. The summed E-state index contributed by atoms with van der Waals surface area (Å²) in [5.74, 6) is 1.30. The normalized spacial score (nSPS) is 12.8. The van der Waals surface area contributed by atoms with Gasteiger partial charge in [-0.25, -0.2) is 0 Å². The molecule has 1 N–H and O–H groups in total. The van der Waals surface area contributed by atoms with Crippen LogP contribution in [-0.4, -0.2) is 26.3 Å². The van der Waals surface area contributed by atoms with Gasteiger partial charge in [-0.05, 0) is 56.2 Å². The first-order valence-corrected chi connectivity index (χ1v) is 7.99. The lowest BCUT2D eigenvalue weighted by Crippen LogP contribution is -2.26. The first kappa shape index (κ1) is 17.2. The van der Waals surface area contributed by atoms with E-state index in [2.05, 4.69) is 57.3 Å². The molecule has 1 aromatic rings. The molecule has 0 saturated heterocycles. The van der Waals surface area contributed by atoms with E-state index >= 15 is 0 Å². The summed E-state index contributed by atoms with van der Waals surface area (Å²) in [5, 5.41) is 3.61. The zero-order valence-corrected chi connectivity index (χ0v) is 13.6. The Bertz CT molecular complexity index is 362. The van der Waals surface area contributed by atoms with Crippen molar-refractivity contribution in [3.63, 3.8) is 0 Å². The van der Waals surface area contributed by atoms with Gasteiger partial charge in [0.25, 0.3) is 0 Å². The van der Waals surface area contributed by atoms with E-state index in [1.807, 2.05) is 0 Å². The number of ether oxygens (including phenoxy) is 1. The van der Waals surface area contributed by atoms with Gasteiger partial charge in [-0.3, -0.25) is 0 Å². The van der Waals surface area contributed by atoms with Gasteiger partial charge in [-0.2, -0.15) is 0 Å². The molecule has 0 amide bonds. The van der Waals surface area contributed by atoms with E-state index in [4.69, 9.17) is 4.74 Å². The standard InChI is InChI=1S/C18H31NO/c1-5-20-12-8-10-17(14-19-13-15(2)3)18-11-7-6-9-16(18)4/h6-7,9,11,15,17,19H,5,8,10,12-14H2,1-4H3. The minimum atomic E-state index is 0.593. The van der Waals surface area contributed by atoms with Gasteiger partial charge in [-0.1, -0.05) is 38.1 Å². The summed E-state index contributed by atoms with van der Waals surface area (Å²) < 4.78 is 5.47. The van der Waals surface area contributed by atoms with Crippen LogP contribution in [0.1, 0.15) is 50.7 Å². The van der Waals surface area contributed by atoms with Crippen LogP contribution in [0, 0.1) is 12.8 Å². The highest BCUT2D eigenvalue weighted by atomic mass is 16.5. The maximum Gasteiger partial charge on any atom is 0.0466 e. The lowest BCUT2D eigenvalue weighted by molar-refractivity contribution is 0.141. The third-order valence-corrected chi connectivity index (χ3v) is 3.62. The highest BCUT2D eigenvalue weighted by Gasteiger charge is 2.13. The van der Waals surface area contributed by atoms with E-state index in [1.54, 1.807) is 0 Å². The van der Waals surface area contributed by atoms with E-state index in [1.165, 1.54) is 17.5 Å². The highest BCUT2D eigenvalue weighted by Crippen LogP contribution is 2.24. The molecule has 1 atom stereocenters.